The molecule has 0 N–H and O–H groups in total. The number of aryl methyl sites for hydroxylation is 1. The lowest BCUT2D eigenvalue weighted by atomic mass is 10.0. The normalized spacial score (nSPS) is 21.1. The van der Waals surface area contributed by atoms with Crippen molar-refractivity contribution in [3.8, 4) is 6.07 Å². The number of anilines is 2. The van der Waals surface area contributed by atoms with Gasteiger partial charge in [0, 0.05) is 57.2 Å². The van der Waals surface area contributed by atoms with Gasteiger partial charge in [0.2, 0.25) is 0 Å². The molecule has 0 aliphatic carbocycles. The lowest BCUT2D eigenvalue weighted by Gasteiger charge is -2.44. The van der Waals surface area contributed by atoms with Crippen molar-refractivity contribution in [2.45, 2.75) is 25.8 Å². The summed E-state index contributed by atoms with van der Waals surface area (Å²) in [5, 5.41) is 9.39. The Morgan fingerprint density at radius 1 is 1.00 bits per heavy atom. The minimum Gasteiger partial charge on any atom is -0.369 e. The van der Waals surface area contributed by atoms with E-state index >= 15 is 0 Å². The molecule has 1 aromatic carbocycles. The standard InChI is InChI=1S/C22H27N5/c1-18-6-2-3-9-21(18)26-14-12-25(13-15-26)20-8-5-11-27(17-20)22-19(16-23)7-4-10-24-22/h2-4,6-7,9-10,20H,5,8,11-15,17H2,1H3. The van der Waals surface area contributed by atoms with Crippen LogP contribution >= 0.6 is 0 Å². The molecule has 5 nitrogen and oxygen atoms in total. The van der Waals surface area contributed by atoms with E-state index in [1.807, 2.05) is 12.1 Å². The third-order valence-electron chi connectivity index (χ3n) is 5.89. The van der Waals surface area contributed by atoms with Gasteiger partial charge in [-0.3, -0.25) is 4.90 Å². The van der Waals surface area contributed by atoms with Crippen molar-refractivity contribution in [3.63, 3.8) is 0 Å². The number of piperidine rings is 1. The second-order valence-corrected chi connectivity index (χ2v) is 7.54. The number of benzene rings is 1. The zero-order valence-corrected chi connectivity index (χ0v) is 16.0. The minimum absolute atomic E-state index is 0.548. The molecule has 1 atom stereocenters. The van der Waals surface area contributed by atoms with Gasteiger partial charge < -0.3 is 9.80 Å². The molecule has 1 aromatic heterocycles. The highest BCUT2D eigenvalue weighted by Gasteiger charge is 2.29. The lowest BCUT2D eigenvalue weighted by Crippen LogP contribution is -2.55. The van der Waals surface area contributed by atoms with E-state index in [-0.39, 0.29) is 0 Å². The molecule has 0 radical (unpaired) electrons. The number of aromatic nitrogens is 1. The summed E-state index contributed by atoms with van der Waals surface area (Å²) in [6.45, 7) is 8.50. The Morgan fingerprint density at radius 3 is 2.59 bits per heavy atom. The Morgan fingerprint density at radius 2 is 1.81 bits per heavy atom. The molecule has 0 bridgehead atoms. The SMILES string of the molecule is Cc1ccccc1N1CCN(C2CCCN(c3ncccc3C#N)C2)CC1. The van der Waals surface area contributed by atoms with Gasteiger partial charge in [0.1, 0.15) is 11.9 Å². The third-order valence-corrected chi connectivity index (χ3v) is 5.89. The van der Waals surface area contributed by atoms with E-state index in [0.29, 0.717) is 11.6 Å². The van der Waals surface area contributed by atoms with Crippen molar-refractivity contribution < 1.29 is 0 Å². The Balaban J connectivity index is 1.40. The van der Waals surface area contributed by atoms with Gasteiger partial charge in [-0.15, -0.1) is 0 Å². The van der Waals surface area contributed by atoms with Gasteiger partial charge in [0.05, 0.1) is 5.56 Å². The highest BCUT2D eigenvalue weighted by atomic mass is 15.3. The summed E-state index contributed by atoms with van der Waals surface area (Å²) in [7, 11) is 0. The number of para-hydroxylation sites is 1. The molecule has 3 heterocycles. The van der Waals surface area contributed by atoms with E-state index in [1.54, 1.807) is 6.20 Å². The third kappa shape index (κ3) is 3.77. The minimum atomic E-state index is 0.548. The maximum Gasteiger partial charge on any atom is 0.146 e. The molecule has 140 valence electrons. The van der Waals surface area contributed by atoms with Crippen LogP contribution in [0.15, 0.2) is 42.6 Å². The van der Waals surface area contributed by atoms with Crippen LogP contribution in [0.3, 0.4) is 0 Å². The van der Waals surface area contributed by atoms with Crippen molar-refractivity contribution in [2.24, 2.45) is 0 Å². The summed E-state index contributed by atoms with van der Waals surface area (Å²) in [5.74, 6) is 0.850. The summed E-state index contributed by atoms with van der Waals surface area (Å²) in [6.07, 6.45) is 4.18. The van der Waals surface area contributed by atoms with E-state index < -0.39 is 0 Å². The fourth-order valence-electron chi connectivity index (χ4n) is 4.43. The number of hydrogen-bond acceptors (Lipinski definition) is 5. The summed E-state index contributed by atoms with van der Waals surface area (Å²) in [5.41, 5.74) is 3.41. The van der Waals surface area contributed by atoms with Crippen LogP contribution in [0.2, 0.25) is 0 Å². The summed E-state index contributed by atoms with van der Waals surface area (Å²) in [6, 6.07) is 15.2. The average Bonchev–Trinajstić information content (AvgIpc) is 2.74. The quantitative estimate of drug-likeness (QED) is 0.841. The van der Waals surface area contributed by atoms with E-state index in [2.05, 4.69) is 56.9 Å². The predicted octanol–water partition coefficient (Wildman–Crippen LogP) is 3.05. The van der Waals surface area contributed by atoms with E-state index in [1.165, 1.54) is 17.7 Å². The van der Waals surface area contributed by atoms with Gasteiger partial charge in [-0.05, 0) is 43.5 Å². The van der Waals surface area contributed by atoms with Crippen LogP contribution in [0.25, 0.3) is 0 Å². The first-order valence-corrected chi connectivity index (χ1v) is 9.91. The number of piperazine rings is 1. The van der Waals surface area contributed by atoms with Crippen LogP contribution in [0.4, 0.5) is 11.5 Å². The van der Waals surface area contributed by atoms with Crippen molar-refractivity contribution in [1.82, 2.24) is 9.88 Å². The fourth-order valence-corrected chi connectivity index (χ4v) is 4.43. The van der Waals surface area contributed by atoms with Crippen LogP contribution < -0.4 is 9.80 Å². The first kappa shape index (κ1) is 17.8. The smallest absolute Gasteiger partial charge is 0.146 e. The van der Waals surface area contributed by atoms with Crippen molar-refractivity contribution in [1.29, 1.82) is 5.26 Å². The number of nitrogens with zero attached hydrogens (tertiary/aromatic N) is 5. The maximum atomic E-state index is 9.39. The van der Waals surface area contributed by atoms with Gasteiger partial charge in [0.25, 0.3) is 0 Å². The predicted molar refractivity (Wildman–Crippen MR) is 109 cm³/mol. The van der Waals surface area contributed by atoms with Crippen LogP contribution in [-0.4, -0.2) is 55.2 Å². The Kier molecular flexibility index (Phi) is 5.26. The first-order valence-electron chi connectivity index (χ1n) is 9.91. The van der Waals surface area contributed by atoms with Gasteiger partial charge >= 0.3 is 0 Å². The molecule has 1 unspecified atom stereocenters. The average molecular weight is 361 g/mol. The topological polar surface area (TPSA) is 46.4 Å². The Labute approximate surface area is 161 Å². The molecule has 0 saturated carbocycles. The number of pyridine rings is 1. The molecule has 27 heavy (non-hydrogen) atoms. The molecule has 2 aliphatic rings. The van der Waals surface area contributed by atoms with E-state index in [9.17, 15) is 5.26 Å². The van der Waals surface area contributed by atoms with Gasteiger partial charge in [-0.2, -0.15) is 5.26 Å². The molecule has 5 heteroatoms. The molecule has 2 aromatic rings. The molecule has 0 spiro atoms. The van der Waals surface area contributed by atoms with E-state index in [4.69, 9.17) is 0 Å². The monoisotopic (exact) mass is 361 g/mol. The number of hydrogen-bond donors (Lipinski definition) is 0. The molecular weight excluding hydrogens is 334 g/mol. The molecule has 0 amide bonds. The zero-order chi connectivity index (χ0) is 18.6. The van der Waals surface area contributed by atoms with Crippen LogP contribution in [-0.2, 0) is 0 Å². The number of nitriles is 1. The summed E-state index contributed by atoms with van der Waals surface area (Å²) in [4.78, 5) is 11.9. The Bertz CT molecular complexity index is 819. The van der Waals surface area contributed by atoms with Gasteiger partial charge in [-0.25, -0.2) is 4.98 Å². The van der Waals surface area contributed by atoms with Gasteiger partial charge in [-0.1, -0.05) is 18.2 Å². The molecule has 2 fully saturated rings. The fraction of sp³-hybridized carbons (Fsp3) is 0.455. The van der Waals surface area contributed by atoms with Crippen LogP contribution in [0, 0.1) is 18.3 Å². The highest BCUT2D eigenvalue weighted by molar-refractivity contribution is 5.54. The molecule has 2 aliphatic heterocycles. The maximum absolute atomic E-state index is 9.39. The zero-order valence-electron chi connectivity index (χ0n) is 16.0. The van der Waals surface area contributed by atoms with Crippen molar-refractivity contribution in [2.75, 3.05) is 49.1 Å². The van der Waals surface area contributed by atoms with Crippen LogP contribution in [0.5, 0.6) is 0 Å². The second-order valence-electron chi connectivity index (χ2n) is 7.54. The van der Waals surface area contributed by atoms with E-state index in [0.717, 1.165) is 51.5 Å². The summed E-state index contributed by atoms with van der Waals surface area (Å²) >= 11 is 0. The second kappa shape index (κ2) is 7.98. The molecule has 4 rings (SSSR count). The lowest BCUT2D eigenvalue weighted by molar-refractivity contribution is 0.166. The van der Waals surface area contributed by atoms with Gasteiger partial charge in [0.15, 0.2) is 0 Å². The molecule has 2 saturated heterocycles. The first-order chi connectivity index (χ1) is 13.3. The summed E-state index contributed by atoms with van der Waals surface area (Å²) < 4.78 is 0. The number of rotatable bonds is 3. The largest absolute Gasteiger partial charge is 0.369 e. The Hall–Kier alpha value is -2.58. The molecular formula is C22H27N5. The highest BCUT2D eigenvalue weighted by Crippen LogP contribution is 2.26. The van der Waals surface area contributed by atoms with Crippen molar-refractivity contribution in [3.05, 3.63) is 53.7 Å². The van der Waals surface area contributed by atoms with Crippen LogP contribution in [0.1, 0.15) is 24.0 Å². The van der Waals surface area contributed by atoms with Crippen molar-refractivity contribution >= 4 is 11.5 Å².